The first-order chi connectivity index (χ1) is 12.2. The number of thiazole rings is 1. The summed E-state index contributed by atoms with van der Waals surface area (Å²) in [6, 6.07) is 0. The number of nitrogens with one attached hydrogen (secondary N) is 2. The lowest BCUT2D eigenvalue weighted by molar-refractivity contribution is 0.0277. The number of ether oxygens (including phenoxy) is 1. The van der Waals surface area contributed by atoms with E-state index in [0.29, 0.717) is 12.6 Å². The van der Waals surface area contributed by atoms with E-state index in [1.54, 1.807) is 11.3 Å². The van der Waals surface area contributed by atoms with Crippen LogP contribution in [0.25, 0.3) is 0 Å². The minimum Gasteiger partial charge on any atom is -0.378 e. The van der Waals surface area contributed by atoms with E-state index >= 15 is 0 Å². The highest BCUT2D eigenvalue weighted by atomic mass is 127. The molecule has 0 aliphatic heterocycles. The number of hydrogen-bond acceptors (Lipinski definition) is 5. The first-order valence-electron chi connectivity index (χ1n) is 9.44. The van der Waals surface area contributed by atoms with Gasteiger partial charge in [0.15, 0.2) is 11.1 Å². The van der Waals surface area contributed by atoms with Crippen LogP contribution in [-0.2, 0) is 11.3 Å². The lowest BCUT2D eigenvalue weighted by atomic mass is 9.98. The fourth-order valence-electron chi connectivity index (χ4n) is 2.84. The van der Waals surface area contributed by atoms with Crippen LogP contribution in [0.3, 0.4) is 0 Å². The summed E-state index contributed by atoms with van der Waals surface area (Å²) in [5, 5.41) is 9.75. The Morgan fingerprint density at radius 3 is 2.73 bits per heavy atom. The highest BCUT2D eigenvalue weighted by Gasteiger charge is 2.13. The van der Waals surface area contributed by atoms with Crippen molar-refractivity contribution in [2.45, 2.75) is 58.1 Å². The van der Waals surface area contributed by atoms with Crippen LogP contribution in [0.15, 0.2) is 10.4 Å². The van der Waals surface area contributed by atoms with Gasteiger partial charge in [-0.25, -0.2) is 9.98 Å². The van der Waals surface area contributed by atoms with Crippen molar-refractivity contribution in [1.82, 2.24) is 15.6 Å². The maximum absolute atomic E-state index is 5.97. The van der Waals surface area contributed by atoms with Crippen LogP contribution in [0.1, 0.15) is 51.1 Å². The van der Waals surface area contributed by atoms with Gasteiger partial charge in [-0.1, -0.05) is 19.3 Å². The summed E-state index contributed by atoms with van der Waals surface area (Å²) < 4.78 is 5.97. The molecule has 0 atom stereocenters. The summed E-state index contributed by atoms with van der Waals surface area (Å²) in [6.45, 7) is 5.23. The zero-order valence-corrected chi connectivity index (χ0v) is 19.4. The number of nitrogens with zero attached hydrogens (tertiary/aromatic N) is 3. The number of aromatic nitrogens is 1. The van der Waals surface area contributed by atoms with Crippen molar-refractivity contribution in [2.24, 2.45) is 4.99 Å². The molecule has 0 amide bonds. The molecule has 0 unspecified atom stereocenters. The number of halogens is 1. The molecule has 0 spiro atoms. The predicted molar refractivity (Wildman–Crippen MR) is 122 cm³/mol. The van der Waals surface area contributed by atoms with Gasteiger partial charge in [0.25, 0.3) is 0 Å². The first-order valence-corrected chi connectivity index (χ1v) is 10.3. The highest BCUT2D eigenvalue weighted by Crippen LogP contribution is 2.20. The van der Waals surface area contributed by atoms with E-state index in [0.717, 1.165) is 42.9 Å². The van der Waals surface area contributed by atoms with Crippen molar-refractivity contribution in [3.63, 3.8) is 0 Å². The normalized spacial score (nSPS) is 15.4. The van der Waals surface area contributed by atoms with Gasteiger partial charge < -0.3 is 20.3 Å². The SMILES string of the molecule is CCNC(=NCc1csc(N(C)C)n1)NCCCOC1CCCCC1.I. The summed E-state index contributed by atoms with van der Waals surface area (Å²) in [5.41, 5.74) is 1.01. The highest BCUT2D eigenvalue weighted by molar-refractivity contribution is 14.0. The Hall–Kier alpha value is -0.610. The van der Waals surface area contributed by atoms with Gasteiger partial charge >= 0.3 is 0 Å². The smallest absolute Gasteiger partial charge is 0.191 e. The topological polar surface area (TPSA) is 61.8 Å². The molecule has 2 rings (SSSR count). The molecule has 1 aliphatic carbocycles. The third kappa shape index (κ3) is 8.85. The van der Waals surface area contributed by atoms with E-state index in [1.165, 1.54) is 32.1 Å². The van der Waals surface area contributed by atoms with Crippen molar-refractivity contribution in [3.8, 4) is 0 Å². The minimum absolute atomic E-state index is 0. The molecule has 1 aromatic heterocycles. The molecule has 0 aromatic carbocycles. The molecule has 8 heteroatoms. The van der Waals surface area contributed by atoms with Crippen molar-refractivity contribution >= 4 is 46.4 Å². The summed E-state index contributed by atoms with van der Waals surface area (Å²) in [7, 11) is 4.01. The summed E-state index contributed by atoms with van der Waals surface area (Å²) in [5.74, 6) is 0.847. The maximum Gasteiger partial charge on any atom is 0.191 e. The minimum atomic E-state index is 0. The second-order valence-electron chi connectivity index (χ2n) is 6.62. The summed E-state index contributed by atoms with van der Waals surface area (Å²) in [6.07, 6.45) is 7.99. The van der Waals surface area contributed by atoms with Gasteiger partial charge in [-0.15, -0.1) is 35.3 Å². The molecular weight excluding hydrogens is 461 g/mol. The van der Waals surface area contributed by atoms with E-state index in [1.807, 2.05) is 19.0 Å². The van der Waals surface area contributed by atoms with Gasteiger partial charge in [-0.2, -0.15) is 0 Å². The molecular formula is C18H34IN5OS. The average molecular weight is 495 g/mol. The number of anilines is 1. The molecule has 1 saturated carbocycles. The van der Waals surface area contributed by atoms with Gasteiger partial charge in [0.2, 0.25) is 0 Å². The summed E-state index contributed by atoms with van der Waals surface area (Å²) in [4.78, 5) is 11.2. The van der Waals surface area contributed by atoms with Gasteiger partial charge in [0.05, 0.1) is 18.3 Å². The molecule has 0 bridgehead atoms. The van der Waals surface area contributed by atoms with Crippen LogP contribution in [-0.4, -0.2) is 50.8 Å². The standard InChI is InChI=1S/C18H33N5OS.HI/c1-4-19-17(21-13-15-14-25-18(22-15)23(2)3)20-11-8-12-24-16-9-6-5-7-10-16;/h14,16H,4-13H2,1-3H3,(H2,19,20,21);1H. The van der Waals surface area contributed by atoms with Crippen molar-refractivity contribution in [2.75, 3.05) is 38.7 Å². The van der Waals surface area contributed by atoms with Gasteiger partial charge in [0.1, 0.15) is 0 Å². The van der Waals surface area contributed by atoms with Crippen LogP contribution < -0.4 is 15.5 Å². The molecule has 0 radical (unpaired) electrons. The average Bonchev–Trinajstić information content (AvgIpc) is 3.09. The Morgan fingerprint density at radius 1 is 1.31 bits per heavy atom. The number of guanidine groups is 1. The molecule has 150 valence electrons. The van der Waals surface area contributed by atoms with Crippen LogP contribution in [0.5, 0.6) is 0 Å². The van der Waals surface area contributed by atoms with Crippen LogP contribution in [0.2, 0.25) is 0 Å². The molecule has 2 N–H and O–H groups in total. The summed E-state index contributed by atoms with van der Waals surface area (Å²) >= 11 is 1.65. The number of aliphatic imine (C=N–C) groups is 1. The maximum atomic E-state index is 5.97. The van der Waals surface area contributed by atoms with Crippen LogP contribution >= 0.6 is 35.3 Å². The quantitative estimate of drug-likeness (QED) is 0.237. The zero-order chi connectivity index (χ0) is 17.9. The second-order valence-corrected chi connectivity index (χ2v) is 7.46. The molecule has 1 fully saturated rings. The molecule has 1 aliphatic rings. The van der Waals surface area contributed by atoms with Gasteiger partial charge in [0, 0.05) is 39.2 Å². The van der Waals surface area contributed by atoms with E-state index < -0.39 is 0 Å². The number of rotatable bonds is 9. The van der Waals surface area contributed by atoms with E-state index in [9.17, 15) is 0 Å². The fraction of sp³-hybridized carbons (Fsp3) is 0.778. The van der Waals surface area contributed by atoms with Gasteiger partial charge in [-0.3, -0.25) is 0 Å². The molecule has 26 heavy (non-hydrogen) atoms. The Kier molecular flexibility index (Phi) is 12.2. The molecule has 1 heterocycles. The van der Waals surface area contributed by atoms with Gasteiger partial charge in [-0.05, 0) is 26.2 Å². The molecule has 1 aromatic rings. The Labute approximate surface area is 179 Å². The van der Waals surface area contributed by atoms with Crippen LogP contribution in [0, 0.1) is 0 Å². The van der Waals surface area contributed by atoms with Crippen molar-refractivity contribution in [3.05, 3.63) is 11.1 Å². The largest absolute Gasteiger partial charge is 0.378 e. The Morgan fingerprint density at radius 2 is 2.08 bits per heavy atom. The van der Waals surface area contributed by atoms with E-state index in [4.69, 9.17) is 4.74 Å². The monoisotopic (exact) mass is 495 g/mol. The first kappa shape index (κ1) is 23.4. The Balaban J connectivity index is 0.00000338. The Bertz CT molecular complexity index is 517. The molecule has 6 nitrogen and oxygen atoms in total. The van der Waals surface area contributed by atoms with Crippen molar-refractivity contribution < 1.29 is 4.74 Å². The third-order valence-electron chi connectivity index (χ3n) is 4.18. The lowest BCUT2D eigenvalue weighted by Gasteiger charge is -2.22. The van der Waals surface area contributed by atoms with Crippen molar-refractivity contribution in [1.29, 1.82) is 0 Å². The fourth-order valence-corrected chi connectivity index (χ4v) is 3.59. The third-order valence-corrected chi connectivity index (χ3v) is 5.24. The zero-order valence-electron chi connectivity index (χ0n) is 16.3. The molecule has 0 saturated heterocycles. The van der Waals surface area contributed by atoms with Crippen LogP contribution in [0.4, 0.5) is 5.13 Å². The van der Waals surface area contributed by atoms with E-state index in [2.05, 4.69) is 32.9 Å². The van der Waals surface area contributed by atoms with E-state index in [-0.39, 0.29) is 24.0 Å². The second kappa shape index (κ2) is 13.5. The number of hydrogen-bond donors (Lipinski definition) is 2. The lowest BCUT2D eigenvalue weighted by Crippen LogP contribution is -2.38. The predicted octanol–water partition coefficient (Wildman–Crippen LogP) is 3.62.